The smallest absolute Gasteiger partial charge is 0.255 e. The number of hydrogen-bond donors (Lipinski definition) is 2. The van der Waals surface area contributed by atoms with Crippen molar-refractivity contribution in [1.29, 1.82) is 0 Å². The molecule has 1 amide bonds. The molecule has 0 fully saturated rings. The predicted molar refractivity (Wildman–Crippen MR) is 125 cm³/mol. The van der Waals surface area contributed by atoms with Crippen molar-refractivity contribution in [2.45, 2.75) is 33.4 Å². The number of aryl methyl sites for hydroxylation is 1. The molecule has 0 unspecified atom stereocenters. The highest BCUT2D eigenvalue weighted by Crippen LogP contribution is 2.25. The highest BCUT2D eigenvalue weighted by atomic mass is 19.1. The zero-order chi connectivity index (χ0) is 23.8. The number of nitrogens with zero attached hydrogens (tertiary/aromatic N) is 4. The Hall–Kier alpha value is -3.52. The normalized spacial score (nSPS) is 12.8. The minimum absolute atomic E-state index is 0.171. The van der Waals surface area contributed by atoms with Crippen LogP contribution in [0.2, 0.25) is 0 Å². The van der Waals surface area contributed by atoms with Crippen LogP contribution in [-0.2, 0) is 13.6 Å². The number of aliphatic hydroxyl groups excluding tert-OH is 1. The van der Waals surface area contributed by atoms with Crippen molar-refractivity contribution >= 4 is 16.9 Å². The van der Waals surface area contributed by atoms with Crippen LogP contribution in [-0.4, -0.2) is 43.0 Å². The van der Waals surface area contributed by atoms with E-state index in [4.69, 9.17) is 0 Å². The van der Waals surface area contributed by atoms with Crippen molar-refractivity contribution in [2.24, 2.45) is 12.5 Å². The molecule has 0 bridgehead atoms. The summed E-state index contributed by atoms with van der Waals surface area (Å²) in [5, 5.41) is 16.8. The van der Waals surface area contributed by atoms with Crippen LogP contribution in [0.4, 0.5) is 4.39 Å². The molecule has 8 heteroatoms. The molecule has 0 radical (unpaired) electrons. The van der Waals surface area contributed by atoms with Crippen LogP contribution >= 0.6 is 0 Å². The highest BCUT2D eigenvalue weighted by Gasteiger charge is 2.27. The first-order valence-corrected chi connectivity index (χ1v) is 10.8. The molecule has 2 N–H and O–H groups in total. The number of pyridine rings is 1. The molecule has 33 heavy (non-hydrogen) atoms. The van der Waals surface area contributed by atoms with Gasteiger partial charge in [0.15, 0.2) is 0 Å². The van der Waals surface area contributed by atoms with Crippen molar-refractivity contribution < 1.29 is 14.3 Å². The van der Waals surface area contributed by atoms with Gasteiger partial charge in [-0.2, -0.15) is 5.10 Å². The van der Waals surface area contributed by atoms with Crippen LogP contribution in [0.3, 0.4) is 0 Å². The van der Waals surface area contributed by atoms with Gasteiger partial charge in [0.05, 0.1) is 36.5 Å². The molecule has 0 saturated heterocycles. The lowest BCUT2D eigenvalue weighted by molar-refractivity contribution is 0.0849. The van der Waals surface area contributed by atoms with E-state index in [0.29, 0.717) is 16.6 Å². The molecule has 3 aromatic heterocycles. The Morgan fingerprint density at radius 3 is 2.64 bits per heavy atom. The lowest BCUT2D eigenvalue weighted by atomic mass is 9.87. The average Bonchev–Trinajstić information content (AvgIpc) is 3.36. The number of rotatable bonds is 6. The maximum Gasteiger partial charge on any atom is 0.255 e. The van der Waals surface area contributed by atoms with Crippen LogP contribution in [0.15, 0.2) is 55.1 Å². The SMILES string of the molecule is Cn1cc(-c2ccc(Cn3cc(C(=O)N[C@H](CO)C(C)(C)C)c4ncccc43)c(F)c2)cn1. The third kappa shape index (κ3) is 4.66. The van der Waals surface area contributed by atoms with Crippen LogP contribution < -0.4 is 5.32 Å². The van der Waals surface area contributed by atoms with Gasteiger partial charge in [0.25, 0.3) is 5.91 Å². The van der Waals surface area contributed by atoms with Gasteiger partial charge in [0.2, 0.25) is 0 Å². The number of hydrogen-bond acceptors (Lipinski definition) is 4. The summed E-state index contributed by atoms with van der Waals surface area (Å²) in [7, 11) is 1.82. The molecule has 0 spiro atoms. The lowest BCUT2D eigenvalue weighted by Crippen LogP contribution is -2.46. The van der Waals surface area contributed by atoms with E-state index in [1.54, 1.807) is 35.4 Å². The molecular weight excluding hydrogens is 421 g/mol. The van der Waals surface area contributed by atoms with E-state index in [2.05, 4.69) is 15.4 Å². The van der Waals surface area contributed by atoms with Gasteiger partial charge in [-0.1, -0.05) is 32.9 Å². The summed E-state index contributed by atoms with van der Waals surface area (Å²) in [6.45, 7) is 5.93. The number of carbonyl (C=O) groups excluding carboxylic acids is 1. The molecule has 0 aliphatic rings. The van der Waals surface area contributed by atoms with Gasteiger partial charge in [-0.15, -0.1) is 0 Å². The number of benzene rings is 1. The minimum Gasteiger partial charge on any atom is -0.394 e. The molecule has 1 aromatic carbocycles. The summed E-state index contributed by atoms with van der Waals surface area (Å²) < 4.78 is 18.5. The van der Waals surface area contributed by atoms with Crippen molar-refractivity contribution in [3.63, 3.8) is 0 Å². The summed E-state index contributed by atoms with van der Waals surface area (Å²) >= 11 is 0. The van der Waals surface area contributed by atoms with Gasteiger partial charge < -0.3 is 15.0 Å². The third-order valence-electron chi connectivity index (χ3n) is 5.85. The fourth-order valence-corrected chi connectivity index (χ4v) is 3.80. The molecule has 0 saturated carbocycles. The number of aliphatic hydroxyl groups is 1. The first-order chi connectivity index (χ1) is 15.7. The van der Waals surface area contributed by atoms with Crippen molar-refractivity contribution in [3.05, 3.63) is 72.1 Å². The van der Waals surface area contributed by atoms with Gasteiger partial charge in [-0.25, -0.2) is 4.39 Å². The van der Waals surface area contributed by atoms with Gasteiger partial charge in [-0.3, -0.25) is 14.5 Å². The fraction of sp³-hybridized carbons (Fsp3) is 0.320. The second-order valence-electron chi connectivity index (χ2n) is 9.33. The van der Waals surface area contributed by atoms with E-state index >= 15 is 0 Å². The Kier molecular flexibility index (Phi) is 6.03. The highest BCUT2D eigenvalue weighted by molar-refractivity contribution is 6.05. The Bertz CT molecular complexity index is 1300. The zero-order valence-corrected chi connectivity index (χ0v) is 19.2. The topological polar surface area (TPSA) is 85.0 Å². The van der Waals surface area contributed by atoms with Crippen molar-refractivity contribution in [1.82, 2.24) is 24.6 Å². The summed E-state index contributed by atoms with van der Waals surface area (Å²) in [6.07, 6.45) is 6.85. The number of amides is 1. The number of nitrogens with one attached hydrogen (secondary N) is 1. The predicted octanol–water partition coefficient (Wildman–Crippen LogP) is 3.76. The van der Waals surface area contributed by atoms with Crippen LogP contribution in [0, 0.1) is 11.2 Å². The maximum atomic E-state index is 15.0. The average molecular weight is 450 g/mol. The van der Waals surface area contributed by atoms with E-state index in [9.17, 15) is 14.3 Å². The zero-order valence-electron chi connectivity index (χ0n) is 19.2. The van der Waals surface area contributed by atoms with E-state index in [-0.39, 0.29) is 30.3 Å². The molecule has 0 aliphatic heterocycles. The molecule has 4 aromatic rings. The van der Waals surface area contributed by atoms with Crippen LogP contribution in [0.25, 0.3) is 22.2 Å². The quantitative estimate of drug-likeness (QED) is 0.469. The van der Waals surface area contributed by atoms with Crippen LogP contribution in [0.1, 0.15) is 36.7 Å². The molecule has 3 heterocycles. The Balaban J connectivity index is 1.65. The van der Waals surface area contributed by atoms with Crippen LogP contribution in [0.5, 0.6) is 0 Å². The maximum absolute atomic E-state index is 15.0. The van der Waals surface area contributed by atoms with Gasteiger partial charge in [0.1, 0.15) is 11.3 Å². The number of fused-ring (bicyclic) bond motifs is 1. The van der Waals surface area contributed by atoms with Gasteiger partial charge in [-0.05, 0) is 29.2 Å². The first-order valence-electron chi connectivity index (χ1n) is 10.8. The van der Waals surface area contributed by atoms with Gasteiger partial charge in [0, 0.05) is 36.8 Å². The molecular formula is C25H28FN5O2. The summed E-state index contributed by atoms with van der Waals surface area (Å²) in [5.74, 6) is -0.653. The molecule has 4 rings (SSSR count). The van der Waals surface area contributed by atoms with E-state index in [0.717, 1.165) is 16.6 Å². The van der Waals surface area contributed by atoms with E-state index in [1.165, 1.54) is 6.07 Å². The Labute approximate surface area is 191 Å². The second-order valence-corrected chi connectivity index (χ2v) is 9.33. The van der Waals surface area contributed by atoms with Crippen molar-refractivity contribution in [3.8, 4) is 11.1 Å². The Morgan fingerprint density at radius 2 is 2.00 bits per heavy atom. The summed E-state index contributed by atoms with van der Waals surface area (Å²) in [4.78, 5) is 17.4. The monoisotopic (exact) mass is 449 g/mol. The fourth-order valence-electron chi connectivity index (χ4n) is 3.80. The van der Waals surface area contributed by atoms with E-state index in [1.807, 2.05) is 50.7 Å². The van der Waals surface area contributed by atoms with Crippen molar-refractivity contribution in [2.75, 3.05) is 6.61 Å². The standard InChI is InChI=1S/C25H28FN5O2/c1-25(2,3)22(15-32)29-24(33)19-14-31(21-6-5-9-27-23(19)21)13-17-8-7-16(10-20(17)26)18-11-28-30(4)12-18/h5-12,14,22,32H,13,15H2,1-4H3,(H,29,33)/t22-/m1/s1. The number of halogens is 1. The van der Waals surface area contributed by atoms with E-state index < -0.39 is 6.04 Å². The molecule has 172 valence electrons. The number of carbonyl (C=O) groups is 1. The lowest BCUT2D eigenvalue weighted by Gasteiger charge is -2.29. The first kappa shape index (κ1) is 22.7. The molecule has 7 nitrogen and oxygen atoms in total. The minimum atomic E-state index is -0.412. The third-order valence-corrected chi connectivity index (χ3v) is 5.85. The second kappa shape index (κ2) is 8.78. The molecule has 1 atom stereocenters. The van der Waals surface area contributed by atoms with Gasteiger partial charge >= 0.3 is 0 Å². The molecule has 0 aliphatic carbocycles. The number of aromatic nitrogens is 4. The Morgan fingerprint density at radius 1 is 1.21 bits per heavy atom. The largest absolute Gasteiger partial charge is 0.394 e. The summed E-state index contributed by atoms with van der Waals surface area (Å²) in [6, 6.07) is 8.34. The summed E-state index contributed by atoms with van der Waals surface area (Å²) in [5.41, 5.74) is 3.44.